The lowest BCUT2D eigenvalue weighted by atomic mass is 10.00. The largest absolute Gasteiger partial charge is 0.396 e. The van der Waals surface area contributed by atoms with Crippen LogP contribution in [0.25, 0.3) is 0 Å². The third kappa shape index (κ3) is 5.23. The van der Waals surface area contributed by atoms with Gasteiger partial charge in [-0.1, -0.05) is 48.0 Å². The molecule has 0 amide bonds. The Morgan fingerprint density at radius 1 is 1.32 bits per heavy atom. The van der Waals surface area contributed by atoms with Gasteiger partial charge in [0.2, 0.25) is 5.78 Å². The van der Waals surface area contributed by atoms with Crippen molar-refractivity contribution in [3.05, 3.63) is 62.7 Å². The monoisotopic (exact) mass is 493 g/mol. The zero-order valence-corrected chi connectivity index (χ0v) is 19.9. The minimum atomic E-state index is -0.169. The van der Waals surface area contributed by atoms with E-state index in [0.717, 1.165) is 22.6 Å². The quantitative estimate of drug-likeness (QED) is 0.390. The Bertz CT molecular complexity index is 1090. The molecule has 9 heteroatoms. The number of carbonyl (C=O) groups is 1. The average molecular weight is 494 g/mol. The summed E-state index contributed by atoms with van der Waals surface area (Å²) in [5.41, 5.74) is 0.417. The lowest BCUT2D eigenvalue weighted by Crippen LogP contribution is -2.19. The molecule has 0 aliphatic heterocycles. The van der Waals surface area contributed by atoms with Crippen LogP contribution < -0.4 is 5.32 Å². The lowest BCUT2D eigenvalue weighted by molar-refractivity contribution is 0.104. The van der Waals surface area contributed by atoms with E-state index < -0.39 is 0 Å². The van der Waals surface area contributed by atoms with Crippen LogP contribution in [-0.4, -0.2) is 33.5 Å². The van der Waals surface area contributed by atoms with Crippen LogP contribution in [-0.2, 0) is 0 Å². The number of rotatable bonds is 7. The van der Waals surface area contributed by atoms with Crippen molar-refractivity contribution in [3.8, 4) is 0 Å². The number of aromatic nitrogens is 2. The van der Waals surface area contributed by atoms with Gasteiger partial charge in [-0.05, 0) is 48.9 Å². The molecule has 1 saturated carbocycles. The van der Waals surface area contributed by atoms with E-state index in [2.05, 4.69) is 22.2 Å². The minimum absolute atomic E-state index is 0.162. The van der Waals surface area contributed by atoms with Gasteiger partial charge in [0.15, 0.2) is 0 Å². The van der Waals surface area contributed by atoms with E-state index >= 15 is 0 Å². The van der Waals surface area contributed by atoms with Crippen molar-refractivity contribution in [1.82, 2.24) is 9.97 Å². The summed E-state index contributed by atoms with van der Waals surface area (Å²) in [5, 5.41) is 13.6. The van der Waals surface area contributed by atoms with Gasteiger partial charge in [-0.2, -0.15) is 0 Å². The van der Waals surface area contributed by atoms with Gasteiger partial charge < -0.3 is 10.4 Å². The second kappa shape index (κ2) is 9.88. The number of carbonyl (C=O) groups excluding carboxylic acids is 1. The van der Waals surface area contributed by atoms with E-state index in [0.29, 0.717) is 31.5 Å². The van der Waals surface area contributed by atoms with Crippen LogP contribution in [0.5, 0.6) is 0 Å². The molecule has 1 aliphatic rings. The molecule has 0 radical (unpaired) electrons. The molecule has 0 saturated heterocycles. The molecule has 5 nitrogen and oxygen atoms in total. The predicted molar refractivity (Wildman–Crippen MR) is 127 cm³/mol. The van der Waals surface area contributed by atoms with Gasteiger partial charge in [0.25, 0.3) is 0 Å². The molecule has 0 unspecified atom stereocenters. The second-order valence-corrected chi connectivity index (χ2v) is 10.9. The summed E-state index contributed by atoms with van der Waals surface area (Å²) in [5.74, 6) is 1.04. The molecule has 31 heavy (non-hydrogen) atoms. The van der Waals surface area contributed by atoms with Crippen molar-refractivity contribution in [2.24, 2.45) is 11.8 Å². The van der Waals surface area contributed by atoms with Crippen molar-refractivity contribution >= 4 is 57.9 Å². The molecule has 4 rings (SSSR count). The van der Waals surface area contributed by atoms with Crippen LogP contribution >= 0.6 is 46.3 Å². The first-order valence-electron chi connectivity index (χ1n) is 9.89. The maximum Gasteiger partial charge on any atom is 0.208 e. The fourth-order valence-corrected chi connectivity index (χ4v) is 6.41. The van der Waals surface area contributed by atoms with Gasteiger partial charge in [-0.15, -0.1) is 11.3 Å². The second-order valence-electron chi connectivity index (χ2n) is 7.65. The Labute approximate surface area is 199 Å². The number of halogens is 2. The number of aliphatic hydroxyl groups is 1. The number of anilines is 1. The highest BCUT2D eigenvalue weighted by molar-refractivity contribution is 7.99. The highest BCUT2D eigenvalue weighted by atomic mass is 35.5. The lowest BCUT2D eigenvalue weighted by Gasteiger charge is -2.15. The Morgan fingerprint density at radius 3 is 2.90 bits per heavy atom. The van der Waals surface area contributed by atoms with Crippen molar-refractivity contribution in [1.29, 1.82) is 0 Å². The molecule has 1 aliphatic carbocycles. The summed E-state index contributed by atoms with van der Waals surface area (Å²) in [6.45, 7) is 2.32. The first kappa shape index (κ1) is 22.6. The number of thiophene rings is 1. The fourth-order valence-electron chi connectivity index (χ4n) is 3.84. The molecular weight excluding hydrogens is 473 g/mol. The number of hydrogen-bond acceptors (Lipinski definition) is 7. The summed E-state index contributed by atoms with van der Waals surface area (Å²) in [6.07, 6.45) is 4.74. The molecule has 1 fully saturated rings. The normalized spacial score (nSPS) is 20.7. The zero-order valence-electron chi connectivity index (χ0n) is 16.7. The molecule has 2 heterocycles. The smallest absolute Gasteiger partial charge is 0.208 e. The first-order chi connectivity index (χ1) is 14.9. The molecule has 3 atom stereocenters. The van der Waals surface area contributed by atoms with E-state index in [4.69, 9.17) is 23.2 Å². The number of nitrogens with zero attached hydrogens (tertiary/aromatic N) is 2. The first-order valence-corrected chi connectivity index (χ1v) is 12.3. The Morgan fingerprint density at radius 2 is 2.16 bits per heavy atom. The molecule has 2 aromatic heterocycles. The average Bonchev–Trinajstić information content (AvgIpc) is 3.29. The number of nitrogens with one attached hydrogen (secondary N) is 1. The van der Waals surface area contributed by atoms with Crippen molar-refractivity contribution in [2.75, 3.05) is 11.9 Å². The standard InChI is InChI=1S/C22H21Cl2N3O2S2/c1-12-5-15(6-13(12)10-28)27-22-17(9-25-11-26-22)20(29)18-8-19(21(24)31-18)30-16-4-2-3-14(23)7-16/h2-4,7-9,11-13,15,28H,5-6,10H2,1H3,(H,25,26,27)/t12-,13+,15-/m0/s1. The van der Waals surface area contributed by atoms with Gasteiger partial charge >= 0.3 is 0 Å². The van der Waals surface area contributed by atoms with E-state index in [9.17, 15) is 9.90 Å². The molecule has 2 N–H and O–H groups in total. The Balaban J connectivity index is 1.54. The summed E-state index contributed by atoms with van der Waals surface area (Å²) in [4.78, 5) is 23.9. The number of benzene rings is 1. The van der Waals surface area contributed by atoms with E-state index in [1.807, 2.05) is 24.3 Å². The zero-order chi connectivity index (χ0) is 22.0. The predicted octanol–water partition coefficient (Wildman–Crippen LogP) is 6.05. The van der Waals surface area contributed by atoms with Crippen LogP contribution in [0.1, 0.15) is 35.0 Å². The van der Waals surface area contributed by atoms with Gasteiger partial charge in [0.1, 0.15) is 16.5 Å². The highest BCUT2D eigenvalue weighted by Gasteiger charge is 2.31. The van der Waals surface area contributed by atoms with Gasteiger partial charge in [-0.25, -0.2) is 9.97 Å². The minimum Gasteiger partial charge on any atom is -0.396 e. The maximum atomic E-state index is 13.3. The highest BCUT2D eigenvalue weighted by Crippen LogP contribution is 2.40. The summed E-state index contributed by atoms with van der Waals surface area (Å²) >= 11 is 15.2. The molecule has 0 spiro atoms. The van der Waals surface area contributed by atoms with Crippen molar-refractivity contribution in [3.63, 3.8) is 0 Å². The summed E-state index contributed by atoms with van der Waals surface area (Å²) in [7, 11) is 0. The van der Waals surface area contributed by atoms with Crippen LogP contribution in [0, 0.1) is 11.8 Å². The van der Waals surface area contributed by atoms with E-state index in [1.165, 1.54) is 35.6 Å². The molecule has 3 aromatic rings. The van der Waals surface area contributed by atoms with Gasteiger partial charge in [0.05, 0.1) is 10.4 Å². The molecule has 0 bridgehead atoms. The Hall–Kier alpha value is -1.64. The molecular formula is C22H21Cl2N3O2S2. The Kier molecular flexibility index (Phi) is 7.19. The van der Waals surface area contributed by atoms with Crippen LogP contribution in [0.4, 0.5) is 5.82 Å². The summed E-state index contributed by atoms with van der Waals surface area (Å²) < 4.78 is 0.551. The topological polar surface area (TPSA) is 75.1 Å². The molecule has 1 aromatic carbocycles. The van der Waals surface area contributed by atoms with Crippen LogP contribution in [0.3, 0.4) is 0 Å². The third-order valence-electron chi connectivity index (χ3n) is 5.48. The van der Waals surface area contributed by atoms with Gasteiger partial charge in [0, 0.05) is 33.7 Å². The fraction of sp³-hybridized carbons (Fsp3) is 0.318. The number of hydrogen-bond donors (Lipinski definition) is 2. The molecule has 162 valence electrons. The van der Waals surface area contributed by atoms with E-state index in [-0.39, 0.29) is 24.3 Å². The van der Waals surface area contributed by atoms with Gasteiger partial charge in [-0.3, -0.25) is 4.79 Å². The van der Waals surface area contributed by atoms with E-state index in [1.54, 1.807) is 6.07 Å². The van der Waals surface area contributed by atoms with Crippen molar-refractivity contribution in [2.45, 2.75) is 35.6 Å². The van der Waals surface area contributed by atoms with Crippen LogP contribution in [0.2, 0.25) is 9.36 Å². The SMILES string of the molecule is C[C@H]1C[C@H](Nc2ncncc2C(=O)c2cc(Sc3cccc(Cl)c3)c(Cl)s2)C[C@@H]1CO. The maximum absolute atomic E-state index is 13.3. The van der Waals surface area contributed by atoms with Crippen molar-refractivity contribution < 1.29 is 9.90 Å². The van der Waals surface area contributed by atoms with Crippen LogP contribution in [0.15, 0.2) is 52.6 Å². The number of ketones is 1. The number of aliphatic hydroxyl groups excluding tert-OH is 1. The third-order valence-corrected chi connectivity index (χ3v) is 8.35. The summed E-state index contributed by atoms with van der Waals surface area (Å²) in [6, 6.07) is 9.46.